The Bertz CT molecular complexity index is 764. The number of nitrogens with one attached hydrogen (secondary N) is 1. The van der Waals surface area contributed by atoms with Crippen LogP contribution in [-0.4, -0.2) is 29.1 Å². The fourth-order valence-electron chi connectivity index (χ4n) is 2.49. The highest BCUT2D eigenvalue weighted by Gasteiger charge is 2.22. The van der Waals surface area contributed by atoms with Crippen LogP contribution in [0.1, 0.15) is 36.9 Å². The number of aliphatic hydroxyl groups excluding tert-OH is 1. The van der Waals surface area contributed by atoms with Crippen molar-refractivity contribution in [1.82, 2.24) is 10.5 Å². The Labute approximate surface area is 146 Å². The quantitative estimate of drug-likeness (QED) is 0.803. The normalized spacial score (nSPS) is 16.3. The molecule has 2 N–H and O–H groups in total. The van der Waals surface area contributed by atoms with E-state index in [0.717, 1.165) is 11.1 Å². The number of pyridine rings is 1. The summed E-state index contributed by atoms with van der Waals surface area (Å²) in [4.78, 5) is 14.2. The van der Waals surface area contributed by atoms with Crippen molar-refractivity contribution in [2.45, 2.75) is 26.7 Å². The van der Waals surface area contributed by atoms with Gasteiger partial charge in [-0.25, -0.2) is 15.3 Å². The Kier molecular flexibility index (Phi) is 5.47. The summed E-state index contributed by atoms with van der Waals surface area (Å²) < 4.78 is 11.2. The zero-order valence-corrected chi connectivity index (χ0v) is 14.2. The summed E-state index contributed by atoms with van der Waals surface area (Å²) in [6, 6.07) is 9.20. The molecule has 0 saturated carbocycles. The van der Waals surface area contributed by atoms with E-state index >= 15 is 0 Å². The number of aliphatic imine (C=N–C) groups is 1. The SMILES string of the molecule is CCOc1ccc(C2N=C(c3ccnc(CO)c3)NO2)cc1OCC. The average molecular weight is 343 g/mol. The van der Waals surface area contributed by atoms with Gasteiger partial charge in [0, 0.05) is 17.3 Å². The van der Waals surface area contributed by atoms with Crippen LogP contribution in [0.25, 0.3) is 0 Å². The van der Waals surface area contributed by atoms with Gasteiger partial charge in [0.15, 0.2) is 17.3 Å². The number of ether oxygens (including phenoxy) is 2. The van der Waals surface area contributed by atoms with Gasteiger partial charge in [-0.1, -0.05) is 6.07 Å². The molecule has 3 rings (SSSR count). The molecule has 1 aliphatic rings. The second-order valence-corrected chi connectivity index (χ2v) is 5.32. The van der Waals surface area contributed by atoms with Crippen molar-refractivity contribution >= 4 is 5.84 Å². The van der Waals surface area contributed by atoms with Gasteiger partial charge in [-0.05, 0) is 38.1 Å². The molecule has 2 aromatic rings. The number of aromatic nitrogens is 1. The molecular formula is C18H21N3O4. The van der Waals surface area contributed by atoms with Crippen molar-refractivity contribution in [3.8, 4) is 11.5 Å². The van der Waals surface area contributed by atoms with Crippen molar-refractivity contribution < 1.29 is 19.4 Å². The topological polar surface area (TPSA) is 85.2 Å². The fourth-order valence-corrected chi connectivity index (χ4v) is 2.49. The monoisotopic (exact) mass is 343 g/mol. The van der Waals surface area contributed by atoms with Crippen LogP contribution in [0.3, 0.4) is 0 Å². The lowest BCUT2D eigenvalue weighted by Crippen LogP contribution is -2.18. The lowest BCUT2D eigenvalue weighted by atomic mass is 10.1. The zero-order chi connectivity index (χ0) is 17.6. The maximum atomic E-state index is 9.21. The Balaban J connectivity index is 1.85. The Morgan fingerprint density at radius 3 is 2.68 bits per heavy atom. The van der Waals surface area contributed by atoms with Crippen LogP contribution in [0, 0.1) is 0 Å². The predicted molar refractivity (Wildman–Crippen MR) is 92.4 cm³/mol. The van der Waals surface area contributed by atoms with Gasteiger partial charge in [0.25, 0.3) is 0 Å². The molecule has 0 fully saturated rings. The second-order valence-electron chi connectivity index (χ2n) is 5.32. The number of hydrogen-bond donors (Lipinski definition) is 2. The van der Waals surface area contributed by atoms with Gasteiger partial charge in [-0.3, -0.25) is 4.98 Å². The minimum atomic E-state index is -0.490. The van der Waals surface area contributed by atoms with Gasteiger partial charge in [0.1, 0.15) is 0 Å². The Morgan fingerprint density at radius 1 is 1.12 bits per heavy atom. The van der Waals surface area contributed by atoms with E-state index in [-0.39, 0.29) is 6.61 Å². The van der Waals surface area contributed by atoms with Gasteiger partial charge in [-0.15, -0.1) is 0 Å². The third kappa shape index (κ3) is 3.89. The van der Waals surface area contributed by atoms with Crippen molar-refractivity contribution in [3.63, 3.8) is 0 Å². The number of hydroxylamine groups is 1. The number of amidine groups is 1. The number of nitrogens with zero attached hydrogens (tertiary/aromatic N) is 2. The maximum absolute atomic E-state index is 9.21. The molecule has 1 aliphatic heterocycles. The summed E-state index contributed by atoms with van der Waals surface area (Å²) in [5, 5.41) is 9.21. The summed E-state index contributed by atoms with van der Waals surface area (Å²) in [5.41, 5.74) is 5.06. The molecule has 7 heteroatoms. The van der Waals surface area contributed by atoms with Gasteiger partial charge in [0.05, 0.1) is 25.5 Å². The molecule has 1 unspecified atom stereocenters. The largest absolute Gasteiger partial charge is 0.490 e. The minimum absolute atomic E-state index is 0.123. The smallest absolute Gasteiger partial charge is 0.202 e. The number of hydrogen-bond acceptors (Lipinski definition) is 7. The first-order valence-electron chi connectivity index (χ1n) is 8.20. The van der Waals surface area contributed by atoms with Crippen LogP contribution in [0.5, 0.6) is 11.5 Å². The van der Waals surface area contributed by atoms with Crippen molar-refractivity contribution in [2.75, 3.05) is 13.2 Å². The van der Waals surface area contributed by atoms with E-state index in [2.05, 4.69) is 15.5 Å². The van der Waals surface area contributed by atoms with Crippen LogP contribution in [0.15, 0.2) is 41.5 Å². The Morgan fingerprint density at radius 2 is 1.92 bits per heavy atom. The standard InChI is InChI=1S/C18H21N3O4/c1-3-23-15-6-5-13(10-16(15)24-4-2)18-20-17(21-25-18)12-7-8-19-14(9-12)11-22/h5-10,18,22H,3-4,11H2,1-2H3,(H,20,21). The van der Waals surface area contributed by atoms with Gasteiger partial charge < -0.3 is 14.6 Å². The third-order valence-electron chi connectivity index (χ3n) is 3.62. The third-order valence-corrected chi connectivity index (χ3v) is 3.62. The van der Waals surface area contributed by atoms with E-state index in [0.29, 0.717) is 36.2 Å². The van der Waals surface area contributed by atoms with Crippen molar-refractivity contribution in [1.29, 1.82) is 0 Å². The van der Waals surface area contributed by atoms with Gasteiger partial charge in [0.2, 0.25) is 6.23 Å². The molecular weight excluding hydrogens is 322 g/mol. The Hall–Kier alpha value is -2.64. The first-order chi connectivity index (χ1) is 12.2. The molecule has 1 atom stereocenters. The highest BCUT2D eigenvalue weighted by atomic mass is 16.7. The van der Waals surface area contributed by atoms with Crippen LogP contribution >= 0.6 is 0 Å². The summed E-state index contributed by atoms with van der Waals surface area (Å²) in [6.45, 7) is 4.84. The molecule has 0 aliphatic carbocycles. The lowest BCUT2D eigenvalue weighted by molar-refractivity contribution is 0.0375. The molecule has 0 saturated heterocycles. The van der Waals surface area contributed by atoms with Crippen LogP contribution in [-0.2, 0) is 11.4 Å². The molecule has 0 amide bonds. The molecule has 7 nitrogen and oxygen atoms in total. The number of rotatable bonds is 7. The van der Waals surface area contributed by atoms with Gasteiger partial charge in [-0.2, -0.15) is 0 Å². The summed E-state index contributed by atoms with van der Waals surface area (Å²) in [7, 11) is 0. The highest BCUT2D eigenvalue weighted by molar-refractivity contribution is 5.98. The second kappa shape index (κ2) is 7.96. The average Bonchev–Trinajstić information content (AvgIpc) is 3.14. The molecule has 132 valence electrons. The van der Waals surface area contributed by atoms with Gasteiger partial charge >= 0.3 is 0 Å². The molecule has 0 spiro atoms. The first-order valence-corrected chi connectivity index (χ1v) is 8.20. The maximum Gasteiger partial charge on any atom is 0.202 e. The van der Waals surface area contributed by atoms with Crippen molar-refractivity contribution in [3.05, 3.63) is 53.3 Å². The number of aliphatic hydroxyl groups is 1. The minimum Gasteiger partial charge on any atom is -0.490 e. The number of benzene rings is 1. The lowest BCUT2D eigenvalue weighted by Gasteiger charge is -2.13. The van der Waals surface area contributed by atoms with E-state index in [1.165, 1.54) is 0 Å². The summed E-state index contributed by atoms with van der Waals surface area (Å²) >= 11 is 0. The van der Waals surface area contributed by atoms with E-state index in [9.17, 15) is 5.11 Å². The molecule has 25 heavy (non-hydrogen) atoms. The van der Waals surface area contributed by atoms with E-state index in [1.807, 2.05) is 32.0 Å². The molecule has 1 aromatic carbocycles. The van der Waals surface area contributed by atoms with E-state index < -0.39 is 6.23 Å². The van der Waals surface area contributed by atoms with Crippen LogP contribution in [0.2, 0.25) is 0 Å². The first kappa shape index (κ1) is 17.2. The highest BCUT2D eigenvalue weighted by Crippen LogP contribution is 2.33. The molecule has 2 heterocycles. The van der Waals surface area contributed by atoms with Crippen molar-refractivity contribution in [2.24, 2.45) is 4.99 Å². The zero-order valence-electron chi connectivity index (χ0n) is 14.2. The molecule has 1 aromatic heterocycles. The van der Waals surface area contributed by atoms with Crippen LogP contribution < -0.4 is 15.0 Å². The molecule has 0 bridgehead atoms. The summed E-state index contributed by atoms with van der Waals surface area (Å²) in [6.07, 6.45) is 1.14. The predicted octanol–water partition coefficient (Wildman–Crippen LogP) is 2.35. The van der Waals surface area contributed by atoms with E-state index in [1.54, 1.807) is 18.3 Å². The molecule has 0 radical (unpaired) electrons. The van der Waals surface area contributed by atoms with E-state index in [4.69, 9.17) is 14.3 Å². The van der Waals surface area contributed by atoms with Crippen LogP contribution in [0.4, 0.5) is 0 Å². The fraction of sp³-hybridized carbons (Fsp3) is 0.333. The summed E-state index contributed by atoms with van der Waals surface area (Å²) in [5.74, 6) is 1.96.